The molecular weight excluding hydrogens is 226 g/mol. The van der Waals surface area contributed by atoms with Crippen molar-refractivity contribution < 1.29 is 13.6 Å². The fourth-order valence-electron chi connectivity index (χ4n) is 1.28. The number of hydrogen-bond acceptors (Lipinski definition) is 2. The van der Waals surface area contributed by atoms with E-state index in [0.717, 1.165) is 12.1 Å². The van der Waals surface area contributed by atoms with Gasteiger partial charge in [-0.25, -0.2) is 8.78 Å². The third-order valence-electron chi connectivity index (χ3n) is 2.12. The van der Waals surface area contributed by atoms with Crippen molar-refractivity contribution in [2.24, 2.45) is 0 Å². The van der Waals surface area contributed by atoms with Crippen LogP contribution < -0.4 is 5.32 Å². The molecular formula is C12H8F2N2O. The number of benzene rings is 1. The molecule has 2 aromatic rings. The van der Waals surface area contributed by atoms with Crippen molar-refractivity contribution in [2.75, 3.05) is 5.32 Å². The van der Waals surface area contributed by atoms with Crippen LogP contribution >= 0.6 is 0 Å². The van der Waals surface area contributed by atoms with Gasteiger partial charge in [0.1, 0.15) is 0 Å². The quantitative estimate of drug-likeness (QED) is 0.867. The average molecular weight is 234 g/mol. The summed E-state index contributed by atoms with van der Waals surface area (Å²) < 4.78 is 25.6. The van der Waals surface area contributed by atoms with E-state index in [1.807, 2.05) is 0 Å². The molecule has 0 aliphatic rings. The molecule has 2 rings (SSSR count). The molecule has 0 atom stereocenters. The zero-order valence-corrected chi connectivity index (χ0v) is 8.65. The van der Waals surface area contributed by atoms with Crippen LogP contribution in [0.25, 0.3) is 0 Å². The maximum Gasteiger partial charge on any atom is 0.255 e. The molecule has 0 unspecified atom stereocenters. The minimum Gasteiger partial charge on any atom is -0.322 e. The number of nitrogens with zero attached hydrogens (tertiary/aromatic N) is 1. The van der Waals surface area contributed by atoms with Gasteiger partial charge in [-0.3, -0.25) is 9.78 Å². The lowest BCUT2D eigenvalue weighted by atomic mass is 10.2. The van der Waals surface area contributed by atoms with Crippen LogP contribution in [0, 0.1) is 11.6 Å². The van der Waals surface area contributed by atoms with Crippen molar-refractivity contribution in [3.63, 3.8) is 0 Å². The second-order valence-corrected chi connectivity index (χ2v) is 3.32. The maximum atomic E-state index is 12.9. The van der Waals surface area contributed by atoms with Crippen molar-refractivity contribution >= 4 is 11.6 Å². The topological polar surface area (TPSA) is 42.0 Å². The third kappa shape index (κ3) is 2.63. The molecule has 0 saturated carbocycles. The van der Waals surface area contributed by atoms with Crippen LogP contribution in [0.4, 0.5) is 14.5 Å². The fourth-order valence-corrected chi connectivity index (χ4v) is 1.28. The molecule has 1 aromatic carbocycles. The summed E-state index contributed by atoms with van der Waals surface area (Å²) in [5.41, 5.74) is 0.593. The van der Waals surface area contributed by atoms with Gasteiger partial charge in [-0.15, -0.1) is 0 Å². The van der Waals surface area contributed by atoms with Gasteiger partial charge in [0, 0.05) is 23.6 Å². The van der Waals surface area contributed by atoms with Crippen LogP contribution in [0.2, 0.25) is 0 Å². The highest BCUT2D eigenvalue weighted by atomic mass is 19.2. The molecule has 1 amide bonds. The minimum atomic E-state index is -1.05. The number of aromatic nitrogens is 1. The van der Waals surface area contributed by atoms with Gasteiger partial charge in [0.2, 0.25) is 0 Å². The normalized spacial score (nSPS) is 10.0. The van der Waals surface area contributed by atoms with E-state index in [2.05, 4.69) is 10.3 Å². The first kappa shape index (κ1) is 11.2. The lowest BCUT2D eigenvalue weighted by Gasteiger charge is -2.04. The van der Waals surface area contributed by atoms with Gasteiger partial charge in [-0.05, 0) is 30.3 Å². The standard InChI is InChI=1S/C12H8F2N2O/c13-10-2-1-8(7-11(10)14)12(17)16-9-3-5-15-6-4-9/h1-7H,(H,15,16,17). The molecule has 0 bridgehead atoms. The number of hydrogen-bond donors (Lipinski definition) is 1. The molecule has 3 nitrogen and oxygen atoms in total. The Bertz CT molecular complexity index is 543. The average Bonchev–Trinajstić information content (AvgIpc) is 2.34. The molecule has 0 spiro atoms. The van der Waals surface area contributed by atoms with E-state index in [4.69, 9.17) is 0 Å². The number of amides is 1. The van der Waals surface area contributed by atoms with E-state index in [1.54, 1.807) is 12.1 Å². The van der Waals surface area contributed by atoms with Gasteiger partial charge in [-0.2, -0.15) is 0 Å². The Labute approximate surface area is 96.1 Å². The van der Waals surface area contributed by atoms with Crippen LogP contribution in [0.3, 0.4) is 0 Å². The summed E-state index contributed by atoms with van der Waals surface area (Å²) in [6.45, 7) is 0. The highest BCUT2D eigenvalue weighted by Gasteiger charge is 2.09. The first-order chi connectivity index (χ1) is 8.16. The van der Waals surface area contributed by atoms with Crippen molar-refractivity contribution in [3.8, 4) is 0 Å². The monoisotopic (exact) mass is 234 g/mol. The summed E-state index contributed by atoms with van der Waals surface area (Å²) in [5.74, 6) is -2.53. The largest absolute Gasteiger partial charge is 0.322 e. The molecule has 1 N–H and O–H groups in total. The molecule has 0 saturated heterocycles. The molecule has 1 aromatic heterocycles. The maximum absolute atomic E-state index is 12.9. The Balaban J connectivity index is 2.18. The van der Waals surface area contributed by atoms with Crippen LogP contribution in [0.15, 0.2) is 42.7 Å². The van der Waals surface area contributed by atoms with Crippen LogP contribution in [-0.2, 0) is 0 Å². The summed E-state index contributed by atoms with van der Waals surface area (Å²) in [6, 6.07) is 6.17. The van der Waals surface area contributed by atoms with E-state index in [-0.39, 0.29) is 5.56 Å². The van der Waals surface area contributed by atoms with E-state index in [0.29, 0.717) is 5.69 Å². The first-order valence-electron chi connectivity index (χ1n) is 4.83. The number of halogens is 2. The second kappa shape index (κ2) is 4.69. The predicted molar refractivity (Wildman–Crippen MR) is 58.5 cm³/mol. The van der Waals surface area contributed by atoms with Crippen LogP contribution in [0.5, 0.6) is 0 Å². The highest BCUT2D eigenvalue weighted by Crippen LogP contribution is 2.11. The molecule has 86 valence electrons. The van der Waals surface area contributed by atoms with Gasteiger partial charge < -0.3 is 5.32 Å². The zero-order chi connectivity index (χ0) is 12.3. The Morgan fingerprint density at radius 1 is 1.06 bits per heavy atom. The molecule has 5 heteroatoms. The summed E-state index contributed by atoms with van der Waals surface area (Å²) in [7, 11) is 0. The van der Waals surface area contributed by atoms with Gasteiger partial charge >= 0.3 is 0 Å². The number of pyridine rings is 1. The Morgan fingerprint density at radius 2 is 1.76 bits per heavy atom. The molecule has 1 heterocycles. The molecule has 0 fully saturated rings. The van der Waals surface area contributed by atoms with E-state index < -0.39 is 17.5 Å². The summed E-state index contributed by atoms with van der Waals surface area (Å²) in [4.78, 5) is 15.4. The van der Waals surface area contributed by atoms with Gasteiger partial charge in [0.25, 0.3) is 5.91 Å². The third-order valence-corrected chi connectivity index (χ3v) is 2.12. The number of nitrogens with one attached hydrogen (secondary N) is 1. The van der Waals surface area contributed by atoms with Gasteiger partial charge in [0.15, 0.2) is 11.6 Å². The summed E-state index contributed by atoms with van der Waals surface area (Å²) in [5, 5.41) is 2.54. The highest BCUT2D eigenvalue weighted by molar-refractivity contribution is 6.04. The Morgan fingerprint density at radius 3 is 2.41 bits per heavy atom. The van der Waals surface area contributed by atoms with Crippen molar-refractivity contribution in [1.29, 1.82) is 0 Å². The van der Waals surface area contributed by atoms with E-state index in [1.165, 1.54) is 18.5 Å². The number of anilines is 1. The van der Waals surface area contributed by atoms with Crippen molar-refractivity contribution in [2.45, 2.75) is 0 Å². The number of carbonyl (C=O) groups excluding carboxylic acids is 1. The second-order valence-electron chi connectivity index (χ2n) is 3.32. The minimum absolute atomic E-state index is 0.0562. The molecule has 0 aliphatic carbocycles. The number of rotatable bonds is 2. The van der Waals surface area contributed by atoms with Crippen LogP contribution in [-0.4, -0.2) is 10.9 Å². The van der Waals surface area contributed by atoms with Gasteiger partial charge in [-0.1, -0.05) is 0 Å². The van der Waals surface area contributed by atoms with Crippen molar-refractivity contribution in [3.05, 3.63) is 59.9 Å². The van der Waals surface area contributed by atoms with E-state index in [9.17, 15) is 13.6 Å². The SMILES string of the molecule is O=C(Nc1ccncc1)c1ccc(F)c(F)c1. The van der Waals surface area contributed by atoms with E-state index >= 15 is 0 Å². The predicted octanol–water partition coefficient (Wildman–Crippen LogP) is 2.61. The van der Waals surface area contributed by atoms with Gasteiger partial charge in [0.05, 0.1) is 0 Å². The summed E-state index contributed by atoms with van der Waals surface area (Å²) in [6.07, 6.45) is 3.03. The smallest absolute Gasteiger partial charge is 0.255 e. The Hall–Kier alpha value is -2.30. The Kier molecular flexibility index (Phi) is 3.09. The first-order valence-corrected chi connectivity index (χ1v) is 4.83. The number of carbonyl (C=O) groups is 1. The van der Waals surface area contributed by atoms with Crippen molar-refractivity contribution in [1.82, 2.24) is 4.98 Å². The molecule has 17 heavy (non-hydrogen) atoms. The fraction of sp³-hybridized carbons (Fsp3) is 0. The zero-order valence-electron chi connectivity index (χ0n) is 8.65. The lowest BCUT2D eigenvalue weighted by Crippen LogP contribution is -2.12. The molecule has 0 radical (unpaired) electrons. The van der Waals surface area contributed by atoms with Crippen LogP contribution in [0.1, 0.15) is 10.4 Å². The lowest BCUT2D eigenvalue weighted by molar-refractivity contribution is 0.102. The molecule has 0 aliphatic heterocycles. The summed E-state index contributed by atoms with van der Waals surface area (Å²) >= 11 is 0.